The standard InChI is InChI=1S/C23H19Cl2N3O6S/c1-32-20-9-13(10-22(29)33-2)3-6-18(20)34-19-7-5-17-15(12-26-27-17)23(19)28-35(30,31)21-8-4-14(24)11-16(21)25/h3-9,11-12,28H,10H2,1-2H3,(H,26,27). The number of nitrogens with zero attached hydrogens (tertiary/aromatic N) is 1. The van der Waals surface area contributed by atoms with Gasteiger partial charge in [0.05, 0.1) is 37.4 Å². The number of aromatic nitrogens is 2. The molecule has 1 heterocycles. The Balaban J connectivity index is 1.74. The molecule has 4 aromatic rings. The average Bonchev–Trinajstić information content (AvgIpc) is 3.30. The summed E-state index contributed by atoms with van der Waals surface area (Å²) < 4.78 is 45.2. The molecule has 0 aliphatic heterocycles. The fourth-order valence-corrected chi connectivity index (χ4v) is 5.20. The Morgan fingerprint density at radius 1 is 1.03 bits per heavy atom. The predicted molar refractivity (Wildman–Crippen MR) is 132 cm³/mol. The molecule has 4 rings (SSSR count). The number of ether oxygens (including phenoxy) is 3. The van der Waals surface area contributed by atoms with E-state index < -0.39 is 16.0 Å². The van der Waals surface area contributed by atoms with Crippen molar-refractivity contribution in [1.29, 1.82) is 0 Å². The lowest BCUT2D eigenvalue weighted by Gasteiger charge is -2.17. The highest BCUT2D eigenvalue weighted by Gasteiger charge is 2.23. The smallest absolute Gasteiger partial charge is 0.309 e. The molecule has 0 fully saturated rings. The number of anilines is 1. The summed E-state index contributed by atoms with van der Waals surface area (Å²) in [6, 6.07) is 12.3. The summed E-state index contributed by atoms with van der Waals surface area (Å²) >= 11 is 12.1. The number of methoxy groups -OCH3 is 2. The maximum absolute atomic E-state index is 13.2. The Hall–Kier alpha value is -3.47. The van der Waals surface area contributed by atoms with E-state index in [0.717, 1.165) is 0 Å². The molecule has 0 bridgehead atoms. The van der Waals surface area contributed by atoms with Gasteiger partial charge in [-0.3, -0.25) is 14.6 Å². The van der Waals surface area contributed by atoms with Crippen LogP contribution in [0.1, 0.15) is 5.56 Å². The molecule has 0 saturated heterocycles. The van der Waals surface area contributed by atoms with Crippen LogP contribution in [-0.2, 0) is 26.0 Å². The highest BCUT2D eigenvalue weighted by Crippen LogP contribution is 2.40. The first-order chi connectivity index (χ1) is 16.7. The monoisotopic (exact) mass is 535 g/mol. The number of aromatic amines is 1. The second-order valence-corrected chi connectivity index (χ2v) is 9.78. The molecule has 0 saturated carbocycles. The van der Waals surface area contributed by atoms with Gasteiger partial charge in [0, 0.05) is 10.4 Å². The average molecular weight is 536 g/mol. The molecule has 0 radical (unpaired) electrons. The molecule has 0 aliphatic rings. The van der Waals surface area contributed by atoms with Gasteiger partial charge in [-0.05, 0) is 48.0 Å². The third-order valence-electron chi connectivity index (χ3n) is 5.03. The Kier molecular flexibility index (Phi) is 7.06. The number of fused-ring (bicyclic) bond motifs is 1. The number of rotatable bonds is 8. The summed E-state index contributed by atoms with van der Waals surface area (Å²) in [6.45, 7) is 0. The second kappa shape index (κ2) is 10.0. The zero-order chi connectivity index (χ0) is 25.2. The number of sulfonamides is 1. The number of esters is 1. The Labute approximate surface area is 211 Å². The van der Waals surface area contributed by atoms with Crippen molar-refractivity contribution in [1.82, 2.24) is 10.2 Å². The Morgan fingerprint density at radius 2 is 1.80 bits per heavy atom. The van der Waals surface area contributed by atoms with Crippen molar-refractivity contribution in [3.05, 3.63) is 70.3 Å². The van der Waals surface area contributed by atoms with Crippen molar-refractivity contribution in [3.63, 3.8) is 0 Å². The first-order valence-electron chi connectivity index (χ1n) is 10.1. The van der Waals surface area contributed by atoms with Crippen molar-refractivity contribution in [2.75, 3.05) is 18.9 Å². The summed E-state index contributed by atoms with van der Waals surface area (Å²) in [5, 5.41) is 7.53. The largest absolute Gasteiger partial charge is 0.493 e. The van der Waals surface area contributed by atoms with E-state index in [9.17, 15) is 13.2 Å². The fourth-order valence-electron chi connectivity index (χ4n) is 3.33. The van der Waals surface area contributed by atoms with Crippen molar-refractivity contribution >= 4 is 55.8 Å². The number of carbonyl (C=O) groups excluding carboxylic acids is 1. The van der Waals surface area contributed by atoms with Crippen LogP contribution < -0.4 is 14.2 Å². The van der Waals surface area contributed by atoms with Gasteiger partial charge in [0.1, 0.15) is 10.6 Å². The van der Waals surface area contributed by atoms with E-state index >= 15 is 0 Å². The van der Waals surface area contributed by atoms with Gasteiger partial charge >= 0.3 is 5.97 Å². The Morgan fingerprint density at radius 3 is 2.51 bits per heavy atom. The van der Waals surface area contributed by atoms with Crippen LogP contribution in [0.4, 0.5) is 5.69 Å². The molecule has 182 valence electrons. The van der Waals surface area contributed by atoms with E-state index in [0.29, 0.717) is 33.0 Å². The lowest BCUT2D eigenvalue weighted by molar-refractivity contribution is -0.139. The van der Waals surface area contributed by atoms with Crippen LogP contribution in [0, 0.1) is 0 Å². The van der Waals surface area contributed by atoms with Crippen LogP contribution >= 0.6 is 23.2 Å². The number of nitrogens with one attached hydrogen (secondary N) is 2. The van der Waals surface area contributed by atoms with Crippen LogP contribution in [0.15, 0.2) is 59.6 Å². The number of carbonyl (C=O) groups is 1. The van der Waals surface area contributed by atoms with Crippen LogP contribution in [0.3, 0.4) is 0 Å². The van der Waals surface area contributed by atoms with Gasteiger partial charge in [-0.2, -0.15) is 5.10 Å². The van der Waals surface area contributed by atoms with E-state index in [4.69, 9.17) is 37.4 Å². The van der Waals surface area contributed by atoms with E-state index in [1.54, 1.807) is 30.3 Å². The first kappa shape index (κ1) is 24.6. The summed E-state index contributed by atoms with van der Waals surface area (Å²) in [7, 11) is -1.37. The number of hydrogen-bond acceptors (Lipinski definition) is 7. The van der Waals surface area contributed by atoms with Crippen LogP contribution in [0.5, 0.6) is 17.2 Å². The highest BCUT2D eigenvalue weighted by molar-refractivity contribution is 7.92. The number of halogens is 2. The molecular formula is C23H19Cl2N3O6S. The summed E-state index contributed by atoms with van der Waals surface area (Å²) in [5.74, 6) is 0.428. The maximum Gasteiger partial charge on any atom is 0.309 e. The fraction of sp³-hybridized carbons (Fsp3) is 0.130. The lowest BCUT2D eigenvalue weighted by Crippen LogP contribution is -2.14. The molecule has 0 aliphatic carbocycles. The van der Waals surface area contributed by atoms with Crippen molar-refractivity contribution in [3.8, 4) is 17.2 Å². The maximum atomic E-state index is 13.2. The normalized spacial score (nSPS) is 11.3. The predicted octanol–water partition coefficient (Wildman–Crippen LogP) is 5.19. The topological polar surface area (TPSA) is 120 Å². The van der Waals surface area contributed by atoms with Crippen molar-refractivity contribution in [2.45, 2.75) is 11.3 Å². The van der Waals surface area contributed by atoms with Crippen LogP contribution in [0.25, 0.3) is 10.9 Å². The minimum Gasteiger partial charge on any atom is -0.493 e. The van der Waals surface area contributed by atoms with Gasteiger partial charge in [0.25, 0.3) is 10.0 Å². The van der Waals surface area contributed by atoms with Gasteiger partial charge in [-0.15, -0.1) is 0 Å². The first-order valence-corrected chi connectivity index (χ1v) is 12.3. The van der Waals surface area contributed by atoms with Gasteiger partial charge in [0.15, 0.2) is 17.2 Å². The van der Waals surface area contributed by atoms with Crippen LogP contribution in [0.2, 0.25) is 10.0 Å². The second-order valence-electron chi connectivity index (χ2n) is 7.29. The van der Waals surface area contributed by atoms with E-state index in [1.807, 2.05) is 0 Å². The van der Waals surface area contributed by atoms with Crippen molar-refractivity contribution < 1.29 is 27.4 Å². The number of hydrogen-bond donors (Lipinski definition) is 2. The lowest BCUT2D eigenvalue weighted by atomic mass is 10.1. The molecule has 35 heavy (non-hydrogen) atoms. The SMILES string of the molecule is COC(=O)Cc1ccc(Oc2ccc3[nH]ncc3c2NS(=O)(=O)c2ccc(Cl)cc2Cl)c(OC)c1. The van der Waals surface area contributed by atoms with Gasteiger partial charge in [0.2, 0.25) is 0 Å². The summed E-state index contributed by atoms with van der Waals surface area (Å²) in [6.07, 6.45) is 1.53. The minimum absolute atomic E-state index is 0.0327. The van der Waals surface area contributed by atoms with E-state index in [1.165, 1.54) is 38.6 Å². The molecule has 0 unspecified atom stereocenters. The quantitative estimate of drug-likeness (QED) is 0.298. The summed E-state index contributed by atoms with van der Waals surface area (Å²) in [5.41, 5.74) is 1.38. The van der Waals surface area contributed by atoms with Gasteiger partial charge in [-0.25, -0.2) is 8.42 Å². The van der Waals surface area contributed by atoms with Crippen molar-refractivity contribution in [2.24, 2.45) is 0 Å². The van der Waals surface area contributed by atoms with Gasteiger partial charge < -0.3 is 14.2 Å². The Bertz CT molecular complexity index is 1520. The summed E-state index contributed by atoms with van der Waals surface area (Å²) in [4.78, 5) is 11.5. The van der Waals surface area contributed by atoms with E-state index in [2.05, 4.69) is 14.9 Å². The minimum atomic E-state index is -4.13. The van der Waals surface area contributed by atoms with Gasteiger partial charge in [-0.1, -0.05) is 29.3 Å². The molecular weight excluding hydrogens is 517 g/mol. The molecule has 0 amide bonds. The number of benzene rings is 3. The zero-order valence-electron chi connectivity index (χ0n) is 18.5. The number of H-pyrrole nitrogens is 1. The molecule has 12 heteroatoms. The van der Waals surface area contributed by atoms with E-state index in [-0.39, 0.29) is 27.8 Å². The molecule has 3 aromatic carbocycles. The molecule has 0 spiro atoms. The molecule has 0 atom stereocenters. The molecule has 1 aromatic heterocycles. The third kappa shape index (κ3) is 5.29. The van der Waals surface area contributed by atoms with Crippen LogP contribution in [-0.4, -0.2) is 38.8 Å². The third-order valence-corrected chi connectivity index (χ3v) is 7.10. The zero-order valence-corrected chi connectivity index (χ0v) is 20.8. The molecule has 2 N–H and O–H groups in total. The molecule has 9 nitrogen and oxygen atoms in total. The highest BCUT2D eigenvalue weighted by atomic mass is 35.5.